The number of nitrogens with one attached hydrogen (secondary N) is 1. The number of carbonyl (C=O) groups excluding carboxylic acids is 2. The minimum atomic E-state index is -0.251. The molecule has 0 fully saturated rings. The molecule has 0 radical (unpaired) electrons. The molecule has 32 heavy (non-hydrogen) atoms. The highest BCUT2D eigenvalue weighted by molar-refractivity contribution is 5.91. The van der Waals surface area contributed by atoms with Crippen molar-refractivity contribution in [2.24, 2.45) is 0 Å². The molecular weight excluding hydrogens is 408 g/mol. The molecule has 3 heterocycles. The number of pyridine rings is 1. The first-order chi connectivity index (χ1) is 15.6. The first kappa shape index (κ1) is 23.3. The van der Waals surface area contributed by atoms with Crippen molar-refractivity contribution in [1.82, 2.24) is 19.8 Å². The molecule has 0 unspecified atom stereocenters. The van der Waals surface area contributed by atoms with Crippen LogP contribution in [-0.2, 0) is 29.0 Å². The van der Waals surface area contributed by atoms with E-state index in [1.54, 1.807) is 23.2 Å². The number of amides is 2. The molecular formula is C24H30N4O4. The molecule has 0 spiro atoms. The number of furan rings is 1. The number of hydrogen-bond acceptors (Lipinski definition) is 5. The second kappa shape index (κ2) is 11.9. The van der Waals surface area contributed by atoms with Crippen LogP contribution < -0.4 is 5.32 Å². The van der Waals surface area contributed by atoms with E-state index in [0.717, 1.165) is 17.8 Å². The third kappa shape index (κ3) is 6.55. The number of aromatic nitrogens is 2. The van der Waals surface area contributed by atoms with Gasteiger partial charge in [-0.15, -0.1) is 0 Å². The van der Waals surface area contributed by atoms with Gasteiger partial charge in [0, 0.05) is 50.4 Å². The van der Waals surface area contributed by atoms with Crippen LogP contribution in [0.2, 0.25) is 0 Å². The third-order valence-electron chi connectivity index (χ3n) is 4.99. The fourth-order valence-electron chi connectivity index (χ4n) is 3.41. The Morgan fingerprint density at radius 3 is 2.81 bits per heavy atom. The molecule has 3 aromatic heterocycles. The Morgan fingerprint density at radius 2 is 2.06 bits per heavy atom. The first-order valence-electron chi connectivity index (χ1n) is 10.8. The van der Waals surface area contributed by atoms with E-state index in [4.69, 9.17) is 9.15 Å². The van der Waals surface area contributed by atoms with E-state index >= 15 is 0 Å². The van der Waals surface area contributed by atoms with E-state index in [0.29, 0.717) is 38.4 Å². The van der Waals surface area contributed by atoms with Crippen LogP contribution in [0.4, 0.5) is 0 Å². The molecule has 0 saturated heterocycles. The lowest BCUT2D eigenvalue weighted by Crippen LogP contribution is -2.34. The standard InChI is InChI=1S/C24H30N4O4/c1-3-14-28(23(29)18-31-2)16-20-8-6-15-27(20)17-21-9-10-22(32-21)24(30)26-13-11-19-7-4-5-12-25-19/h4-10,12,15H,3,11,13-14,16-18H2,1-2H3,(H,26,30). The van der Waals surface area contributed by atoms with Gasteiger partial charge in [-0.05, 0) is 42.8 Å². The summed E-state index contributed by atoms with van der Waals surface area (Å²) in [5, 5.41) is 2.86. The minimum absolute atomic E-state index is 0.0373. The fourth-order valence-corrected chi connectivity index (χ4v) is 3.41. The molecule has 0 aromatic carbocycles. The van der Waals surface area contributed by atoms with E-state index < -0.39 is 0 Å². The minimum Gasteiger partial charge on any atom is -0.454 e. The van der Waals surface area contributed by atoms with E-state index in [-0.39, 0.29) is 24.2 Å². The summed E-state index contributed by atoms with van der Waals surface area (Å²) in [6, 6.07) is 13.1. The van der Waals surface area contributed by atoms with E-state index in [2.05, 4.69) is 10.3 Å². The Hall–Kier alpha value is -3.39. The zero-order valence-electron chi connectivity index (χ0n) is 18.6. The molecule has 0 saturated carbocycles. The molecule has 3 rings (SSSR count). The summed E-state index contributed by atoms with van der Waals surface area (Å²) in [5.74, 6) is 0.657. The van der Waals surface area contributed by atoms with Gasteiger partial charge in [0.1, 0.15) is 12.4 Å². The van der Waals surface area contributed by atoms with Crippen molar-refractivity contribution in [2.45, 2.75) is 32.9 Å². The maximum atomic E-state index is 12.4. The Balaban J connectivity index is 1.56. The molecule has 0 aliphatic heterocycles. The van der Waals surface area contributed by atoms with E-state index in [9.17, 15) is 9.59 Å². The predicted octanol–water partition coefficient (Wildman–Crippen LogP) is 2.88. The fraction of sp³-hybridized carbons (Fsp3) is 0.375. The molecule has 170 valence electrons. The maximum absolute atomic E-state index is 12.4. The van der Waals surface area contributed by atoms with Crippen LogP contribution in [0.25, 0.3) is 0 Å². The van der Waals surface area contributed by atoms with Gasteiger partial charge < -0.3 is 23.9 Å². The number of ether oxygens (including phenoxy) is 1. The Labute approximate surface area is 188 Å². The van der Waals surface area contributed by atoms with Crippen LogP contribution in [0, 0.1) is 0 Å². The van der Waals surface area contributed by atoms with Gasteiger partial charge in [-0.1, -0.05) is 13.0 Å². The van der Waals surface area contributed by atoms with Gasteiger partial charge in [0.25, 0.3) is 5.91 Å². The van der Waals surface area contributed by atoms with E-state index in [1.807, 2.05) is 48.0 Å². The first-order valence-corrected chi connectivity index (χ1v) is 10.8. The highest BCUT2D eigenvalue weighted by Gasteiger charge is 2.16. The molecule has 0 aliphatic rings. The smallest absolute Gasteiger partial charge is 0.287 e. The van der Waals surface area contributed by atoms with Gasteiger partial charge in [0.15, 0.2) is 5.76 Å². The van der Waals surface area contributed by atoms with Crippen LogP contribution in [0.1, 0.15) is 41.0 Å². The summed E-state index contributed by atoms with van der Waals surface area (Å²) in [6.45, 7) is 4.22. The van der Waals surface area contributed by atoms with Crippen LogP contribution in [0.3, 0.4) is 0 Å². The normalized spacial score (nSPS) is 10.8. The molecule has 2 amide bonds. The van der Waals surface area contributed by atoms with Crippen molar-refractivity contribution in [2.75, 3.05) is 26.8 Å². The number of hydrogen-bond donors (Lipinski definition) is 1. The number of carbonyl (C=O) groups is 2. The average Bonchev–Trinajstić information content (AvgIpc) is 3.44. The van der Waals surface area contributed by atoms with Crippen molar-refractivity contribution < 1.29 is 18.7 Å². The van der Waals surface area contributed by atoms with Crippen LogP contribution in [0.5, 0.6) is 0 Å². The maximum Gasteiger partial charge on any atom is 0.287 e. The highest BCUT2D eigenvalue weighted by Crippen LogP contribution is 2.14. The van der Waals surface area contributed by atoms with E-state index in [1.165, 1.54) is 7.11 Å². The molecule has 3 aromatic rings. The van der Waals surface area contributed by atoms with Crippen molar-refractivity contribution in [3.63, 3.8) is 0 Å². The van der Waals surface area contributed by atoms with Crippen LogP contribution in [-0.4, -0.2) is 53.1 Å². The molecule has 1 N–H and O–H groups in total. The lowest BCUT2D eigenvalue weighted by atomic mass is 10.2. The quantitative estimate of drug-likeness (QED) is 0.470. The monoisotopic (exact) mass is 438 g/mol. The van der Waals surface area contributed by atoms with Crippen LogP contribution >= 0.6 is 0 Å². The highest BCUT2D eigenvalue weighted by atomic mass is 16.5. The Kier molecular flexibility index (Phi) is 8.62. The summed E-state index contributed by atoms with van der Waals surface area (Å²) in [4.78, 5) is 30.7. The van der Waals surface area contributed by atoms with Crippen molar-refractivity contribution in [1.29, 1.82) is 0 Å². The van der Waals surface area contributed by atoms with Crippen LogP contribution in [0.15, 0.2) is 59.3 Å². The lowest BCUT2D eigenvalue weighted by molar-refractivity contribution is -0.135. The average molecular weight is 439 g/mol. The zero-order chi connectivity index (χ0) is 22.8. The summed E-state index contributed by atoms with van der Waals surface area (Å²) in [5.41, 5.74) is 1.91. The Bertz CT molecular complexity index is 996. The lowest BCUT2D eigenvalue weighted by Gasteiger charge is -2.22. The second-order valence-electron chi connectivity index (χ2n) is 7.47. The van der Waals surface area contributed by atoms with Crippen molar-refractivity contribution >= 4 is 11.8 Å². The SMILES string of the molecule is CCCN(Cc1cccn1Cc1ccc(C(=O)NCCc2ccccn2)o1)C(=O)COC. The number of nitrogens with zero attached hydrogens (tertiary/aromatic N) is 3. The van der Waals surface area contributed by atoms with Gasteiger partial charge in [-0.2, -0.15) is 0 Å². The predicted molar refractivity (Wildman–Crippen MR) is 120 cm³/mol. The summed E-state index contributed by atoms with van der Waals surface area (Å²) in [7, 11) is 1.52. The van der Waals surface area contributed by atoms with Gasteiger partial charge in [0.2, 0.25) is 5.91 Å². The number of methoxy groups -OCH3 is 1. The van der Waals surface area contributed by atoms with Gasteiger partial charge in [0.05, 0.1) is 13.1 Å². The van der Waals surface area contributed by atoms with Crippen molar-refractivity contribution in [3.8, 4) is 0 Å². The van der Waals surface area contributed by atoms with Gasteiger partial charge >= 0.3 is 0 Å². The topological polar surface area (TPSA) is 89.6 Å². The van der Waals surface area contributed by atoms with Crippen molar-refractivity contribution in [3.05, 3.63) is 77.8 Å². The molecule has 0 aliphatic carbocycles. The summed E-state index contributed by atoms with van der Waals surface area (Å²) in [6.07, 6.45) is 5.20. The number of rotatable bonds is 12. The second-order valence-corrected chi connectivity index (χ2v) is 7.47. The zero-order valence-corrected chi connectivity index (χ0v) is 18.6. The van der Waals surface area contributed by atoms with Gasteiger partial charge in [-0.25, -0.2) is 0 Å². The summed E-state index contributed by atoms with van der Waals surface area (Å²) < 4.78 is 12.8. The van der Waals surface area contributed by atoms with Gasteiger partial charge in [-0.3, -0.25) is 14.6 Å². The molecule has 8 heteroatoms. The molecule has 0 atom stereocenters. The Morgan fingerprint density at radius 1 is 1.19 bits per heavy atom. The third-order valence-corrected chi connectivity index (χ3v) is 4.99. The molecule has 8 nitrogen and oxygen atoms in total. The summed E-state index contributed by atoms with van der Waals surface area (Å²) >= 11 is 0. The molecule has 0 bridgehead atoms. The largest absolute Gasteiger partial charge is 0.454 e.